The van der Waals surface area contributed by atoms with Gasteiger partial charge in [-0.1, -0.05) is 11.6 Å². The van der Waals surface area contributed by atoms with Crippen LogP contribution in [0.4, 0.5) is 0 Å². The number of aryl methyl sites for hydroxylation is 1. The number of carbonyl (C=O) groups excluding carboxylic acids is 1. The molecular weight excluding hydrogens is 430 g/mol. The van der Waals surface area contributed by atoms with Gasteiger partial charge in [-0.15, -0.1) is 22.7 Å². The van der Waals surface area contributed by atoms with Crippen molar-refractivity contribution in [1.82, 2.24) is 25.5 Å². The number of carbonyl (C=O) groups is 1. The van der Waals surface area contributed by atoms with E-state index in [1.807, 2.05) is 43.3 Å². The fourth-order valence-electron chi connectivity index (χ4n) is 2.63. The molecule has 0 fully saturated rings. The van der Waals surface area contributed by atoms with Crippen molar-refractivity contribution in [2.24, 2.45) is 0 Å². The van der Waals surface area contributed by atoms with Gasteiger partial charge < -0.3 is 10.1 Å². The van der Waals surface area contributed by atoms with Gasteiger partial charge in [-0.25, -0.2) is 9.97 Å². The smallest absolute Gasteiger partial charge is 0.263 e. The van der Waals surface area contributed by atoms with E-state index in [2.05, 4.69) is 25.5 Å². The molecule has 0 aliphatic heterocycles. The van der Waals surface area contributed by atoms with Crippen molar-refractivity contribution in [1.29, 1.82) is 0 Å². The molecule has 0 radical (unpaired) electrons. The van der Waals surface area contributed by atoms with Gasteiger partial charge in [0.2, 0.25) is 0 Å². The number of aromatic amines is 1. The number of methoxy groups -OCH3 is 1. The van der Waals surface area contributed by atoms with Crippen LogP contribution in [0.2, 0.25) is 4.34 Å². The lowest BCUT2D eigenvalue weighted by Crippen LogP contribution is -2.23. The molecule has 4 rings (SSSR count). The summed E-state index contributed by atoms with van der Waals surface area (Å²) in [5.41, 5.74) is 1.54. The topological polar surface area (TPSA) is 92.8 Å². The summed E-state index contributed by atoms with van der Waals surface area (Å²) in [5.74, 6) is 1.69. The number of rotatable bonds is 6. The third kappa shape index (κ3) is 4.31. The second-order valence-electron chi connectivity index (χ2n) is 6.05. The monoisotopic (exact) mass is 445 g/mol. The molecule has 0 bridgehead atoms. The highest BCUT2D eigenvalue weighted by molar-refractivity contribution is 7.24. The van der Waals surface area contributed by atoms with E-state index < -0.39 is 0 Å². The van der Waals surface area contributed by atoms with E-state index in [4.69, 9.17) is 16.3 Å². The minimum atomic E-state index is -0.198. The number of hydrogen-bond acceptors (Lipinski definition) is 7. The van der Waals surface area contributed by atoms with E-state index in [0.29, 0.717) is 26.6 Å². The number of H-pyrrole nitrogens is 1. The largest absolute Gasteiger partial charge is 0.497 e. The normalized spacial score (nSPS) is 10.9. The first-order chi connectivity index (χ1) is 14.0. The molecule has 3 aromatic heterocycles. The third-order valence-electron chi connectivity index (χ3n) is 4.08. The summed E-state index contributed by atoms with van der Waals surface area (Å²) >= 11 is 8.78. The van der Waals surface area contributed by atoms with Crippen LogP contribution in [-0.2, 0) is 6.54 Å². The zero-order valence-electron chi connectivity index (χ0n) is 15.5. The number of ether oxygens (including phenoxy) is 1. The lowest BCUT2D eigenvalue weighted by atomic mass is 10.2. The number of halogens is 1. The zero-order chi connectivity index (χ0) is 20.4. The molecule has 1 aromatic carbocycles. The molecule has 148 valence electrons. The number of nitrogens with one attached hydrogen (secondary N) is 2. The maximum absolute atomic E-state index is 12.6. The van der Waals surface area contributed by atoms with E-state index >= 15 is 0 Å². The molecule has 0 aliphatic rings. The average Bonchev–Trinajstić information content (AvgIpc) is 3.46. The molecule has 7 nitrogen and oxygen atoms in total. The summed E-state index contributed by atoms with van der Waals surface area (Å²) in [4.78, 5) is 23.0. The summed E-state index contributed by atoms with van der Waals surface area (Å²) in [6, 6.07) is 11.2. The number of aromatic nitrogens is 4. The Bertz CT molecular complexity index is 1150. The first-order valence-corrected chi connectivity index (χ1v) is 10.6. The molecular formula is C19H16ClN5O2S2. The van der Waals surface area contributed by atoms with Crippen LogP contribution < -0.4 is 10.1 Å². The van der Waals surface area contributed by atoms with Crippen LogP contribution in [0.3, 0.4) is 0 Å². The molecule has 0 spiro atoms. The predicted molar refractivity (Wildman–Crippen MR) is 115 cm³/mol. The summed E-state index contributed by atoms with van der Waals surface area (Å²) < 4.78 is 5.84. The van der Waals surface area contributed by atoms with Crippen molar-refractivity contribution in [3.63, 3.8) is 0 Å². The van der Waals surface area contributed by atoms with Crippen LogP contribution in [0.1, 0.15) is 21.2 Å². The first-order valence-electron chi connectivity index (χ1n) is 8.60. The molecule has 0 unspecified atom stereocenters. The number of benzene rings is 1. The SMILES string of the molecule is COc1ccc(-c2n[nH]c(CNC(=O)c3sc(-c4ccc(Cl)s4)nc3C)n2)cc1. The Labute approximate surface area is 179 Å². The van der Waals surface area contributed by atoms with E-state index in [1.54, 1.807) is 7.11 Å². The van der Waals surface area contributed by atoms with Crippen LogP contribution in [0, 0.1) is 6.92 Å². The Kier molecular flexibility index (Phi) is 5.61. The highest BCUT2D eigenvalue weighted by Gasteiger charge is 2.17. The van der Waals surface area contributed by atoms with Gasteiger partial charge >= 0.3 is 0 Å². The molecule has 2 N–H and O–H groups in total. The van der Waals surface area contributed by atoms with Gasteiger partial charge in [-0.3, -0.25) is 9.89 Å². The average molecular weight is 446 g/mol. The molecule has 0 aliphatic carbocycles. The first kappa shape index (κ1) is 19.6. The predicted octanol–water partition coefficient (Wildman–Crippen LogP) is 4.56. The van der Waals surface area contributed by atoms with E-state index in [0.717, 1.165) is 21.2 Å². The van der Waals surface area contributed by atoms with Crippen LogP contribution in [0.15, 0.2) is 36.4 Å². The van der Waals surface area contributed by atoms with E-state index in [9.17, 15) is 4.79 Å². The van der Waals surface area contributed by atoms with Crippen LogP contribution >= 0.6 is 34.3 Å². The third-order valence-corrected chi connectivity index (χ3v) is 6.64. The molecule has 0 atom stereocenters. The molecule has 10 heteroatoms. The zero-order valence-corrected chi connectivity index (χ0v) is 17.9. The van der Waals surface area contributed by atoms with Crippen molar-refractivity contribution in [3.8, 4) is 27.0 Å². The van der Waals surface area contributed by atoms with Gasteiger partial charge in [0, 0.05) is 5.56 Å². The lowest BCUT2D eigenvalue weighted by Gasteiger charge is -2.01. The van der Waals surface area contributed by atoms with E-state index in [1.165, 1.54) is 22.7 Å². The van der Waals surface area contributed by atoms with Crippen LogP contribution in [0.5, 0.6) is 5.75 Å². The van der Waals surface area contributed by atoms with Crippen LogP contribution in [-0.4, -0.2) is 33.2 Å². The maximum Gasteiger partial charge on any atom is 0.263 e. The van der Waals surface area contributed by atoms with Crippen molar-refractivity contribution >= 4 is 40.2 Å². The number of hydrogen-bond donors (Lipinski definition) is 2. The standard InChI is InChI=1S/C19H16ClN5O2S2/c1-10-16(29-19(22-10)13-7-8-14(20)28-13)18(26)21-9-15-23-17(25-24-15)11-3-5-12(27-2)6-4-11/h3-8H,9H2,1-2H3,(H,21,26)(H,23,24,25). The molecule has 4 aromatic rings. The molecule has 1 amide bonds. The Morgan fingerprint density at radius 3 is 2.66 bits per heavy atom. The molecule has 0 saturated carbocycles. The second-order valence-corrected chi connectivity index (χ2v) is 8.77. The Balaban J connectivity index is 1.42. The summed E-state index contributed by atoms with van der Waals surface area (Å²) in [5, 5.41) is 10.7. The summed E-state index contributed by atoms with van der Waals surface area (Å²) in [6.45, 7) is 2.06. The molecule has 3 heterocycles. The van der Waals surface area contributed by atoms with Gasteiger partial charge in [0.1, 0.15) is 21.5 Å². The number of thiazole rings is 1. The molecule has 0 saturated heterocycles. The minimum Gasteiger partial charge on any atom is -0.497 e. The lowest BCUT2D eigenvalue weighted by molar-refractivity contribution is 0.0953. The minimum absolute atomic E-state index is 0.198. The van der Waals surface area contributed by atoms with Crippen molar-refractivity contribution in [2.45, 2.75) is 13.5 Å². The number of thiophene rings is 1. The van der Waals surface area contributed by atoms with Gasteiger partial charge in [0.15, 0.2) is 5.82 Å². The van der Waals surface area contributed by atoms with Crippen LogP contribution in [0.25, 0.3) is 21.3 Å². The highest BCUT2D eigenvalue weighted by Crippen LogP contribution is 2.34. The van der Waals surface area contributed by atoms with Crippen molar-refractivity contribution in [3.05, 3.63) is 57.1 Å². The van der Waals surface area contributed by atoms with Gasteiger partial charge in [-0.05, 0) is 43.3 Å². The second kappa shape index (κ2) is 8.32. The Morgan fingerprint density at radius 2 is 1.97 bits per heavy atom. The molecule has 29 heavy (non-hydrogen) atoms. The van der Waals surface area contributed by atoms with E-state index in [-0.39, 0.29) is 12.5 Å². The quantitative estimate of drug-likeness (QED) is 0.454. The Hall–Kier alpha value is -2.75. The van der Waals surface area contributed by atoms with Gasteiger partial charge in [0.25, 0.3) is 5.91 Å². The fourth-order valence-corrected chi connectivity index (χ4v) is 4.71. The summed E-state index contributed by atoms with van der Waals surface area (Å²) in [6.07, 6.45) is 0. The number of amides is 1. The maximum atomic E-state index is 12.6. The van der Waals surface area contributed by atoms with Crippen molar-refractivity contribution in [2.75, 3.05) is 7.11 Å². The number of nitrogens with zero attached hydrogens (tertiary/aromatic N) is 3. The van der Waals surface area contributed by atoms with Gasteiger partial charge in [0.05, 0.1) is 28.6 Å². The highest BCUT2D eigenvalue weighted by atomic mass is 35.5. The summed E-state index contributed by atoms with van der Waals surface area (Å²) in [7, 11) is 1.62. The van der Waals surface area contributed by atoms with Crippen molar-refractivity contribution < 1.29 is 9.53 Å². The Morgan fingerprint density at radius 1 is 1.17 bits per heavy atom. The van der Waals surface area contributed by atoms with Gasteiger partial charge in [-0.2, -0.15) is 5.10 Å². The fraction of sp³-hybridized carbons (Fsp3) is 0.158.